The summed E-state index contributed by atoms with van der Waals surface area (Å²) in [4.78, 5) is 11.3. The number of ether oxygens (including phenoxy) is 1. The second-order valence-electron chi connectivity index (χ2n) is 3.26. The van der Waals surface area contributed by atoms with Crippen LogP contribution in [0.5, 0.6) is 5.75 Å². The summed E-state index contributed by atoms with van der Waals surface area (Å²) in [6, 6.07) is 5.37. The van der Waals surface area contributed by atoms with Crippen LogP contribution < -0.4 is 4.74 Å². The Hall–Kier alpha value is -1.82. The molecule has 0 heterocycles. The Kier molecular flexibility index (Phi) is 3.46. The monoisotopic (exact) mass is 203 g/mol. The fraction of sp³-hybridized carbons (Fsp3) is 0.333. The zero-order chi connectivity index (χ0) is 11.4. The number of nitrogens with zero attached hydrogens (tertiary/aromatic N) is 1. The quantitative estimate of drug-likeness (QED) is 0.709. The number of hydrogen-bond donors (Lipinski definition) is 0. The fourth-order valence-corrected chi connectivity index (χ4v) is 1.43. The van der Waals surface area contributed by atoms with Crippen molar-refractivity contribution in [3.63, 3.8) is 0 Å². The lowest BCUT2D eigenvalue weighted by Gasteiger charge is -2.09. The van der Waals surface area contributed by atoms with Crippen molar-refractivity contribution < 1.29 is 9.53 Å². The van der Waals surface area contributed by atoms with Gasteiger partial charge in [-0.25, -0.2) is 0 Å². The largest absolute Gasteiger partial charge is 0.492 e. The molecule has 1 rings (SSSR count). The molecule has 1 aromatic carbocycles. The molecule has 0 aliphatic carbocycles. The van der Waals surface area contributed by atoms with Gasteiger partial charge in [-0.2, -0.15) is 5.26 Å². The summed E-state index contributed by atoms with van der Waals surface area (Å²) in [6.45, 7) is 5.64. The van der Waals surface area contributed by atoms with Crippen molar-refractivity contribution in [1.82, 2.24) is 0 Å². The van der Waals surface area contributed by atoms with Gasteiger partial charge in [0.2, 0.25) is 0 Å². The molecule has 78 valence electrons. The number of hydrogen-bond acceptors (Lipinski definition) is 3. The smallest absolute Gasteiger partial charge is 0.160 e. The van der Waals surface area contributed by atoms with Crippen LogP contribution in [0.15, 0.2) is 12.1 Å². The van der Waals surface area contributed by atoms with Crippen molar-refractivity contribution in [1.29, 1.82) is 5.26 Å². The lowest BCUT2D eigenvalue weighted by Crippen LogP contribution is -2.01. The standard InChI is InChI=1S/C12H13NO2/c1-4-15-12-6-11(9(3)14)8(2)5-10(12)7-13/h5-6H,4H2,1-3H3. The lowest BCUT2D eigenvalue weighted by atomic mass is 10.0. The lowest BCUT2D eigenvalue weighted by molar-refractivity contribution is 0.101. The van der Waals surface area contributed by atoms with Crippen LogP contribution in [0, 0.1) is 18.3 Å². The van der Waals surface area contributed by atoms with Gasteiger partial charge in [-0.05, 0) is 38.5 Å². The zero-order valence-corrected chi connectivity index (χ0v) is 9.13. The maximum Gasteiger partial charge on any atom is 0.160 e. The van der Waals surface area contributed by atoms with Crippen molar-refractivity contribution in [2.75, 3.05) is 6.61 Å². The number of carbonyl (C=O) groups is 1. The summed E-state index contributed by atoms with van der Waals surface area (Å²) in [5.74, 6) is 0.466. The van der Waals surface area contributed by atoms with Crippen LogP contribution in [0.25, 0.3) is 0 Å². The molecule has 0 aliphatic heterocycles. The molecule has 0 aromatic heterocycles. The SMILES string of the molecule is CCOc1cc(C(C)=O)c(C)cc1C#N. The van der Waals surface area contributed by atoms with Crippen molar-refractivity contribution in [3.8, 4) is 11.8 Å². The van der Waals surface area contributed by atoms with Crippen LogP contribution in [-0.2, 0) is 0 Å². The van der Waals surface area contributed by atoms with Crippen molar-refractivity contribution >= 4 is 5.78 Å². The number of rotatable bonds is 3. The molecule has 0 radical (unpaired) electrons. The van der Waals surface area contributed by atoms with Gasteiger partial charge in [0, 0.05) is 5.56 Å². The molecule has 1 aromatic rings. The number of benzene rings is 1. The predicted molar refractivity (Wildman–Crippen MR) is 57.1 cm³/mol. The number of carbonyl (C=O) groups excluding carboxylic acids is 1. The molecule has 0 amide bonds. The second-order valence-corrected chi connectivity index (χ2v) is 3.26. The number of Topliss-reactive ketones (excluding diaryl/α,β-unsaturated/α-hetero) is 1. The number of aryl methyl sites for hydroxylation is 1. The highest BCUT2D eigenvalue weighted by Gasteiger charge is 2.10. The first-order valence-electron chi connectivity index (χ1n) is 4.78. The van der Waals surface area contributed by atoms with Crippen LogP contribution in [0.3, 0.4) is 0 Å². The van der Waals surface area contributed by atoms with E-state index in [-0.39, 0.29) is 5.78 Å². The Balaban J connectivity index is 3.31. The molecule has 3 nitrogen and oxygen atoms in total. The van der Waals surface area contributed by atoms with Crippen molar-refractivity contribution in [3.05, 3.63) is 28.8 Å². The van der Waals surface area contributed by atoms with E-state index in [0.29, 0.717) is 23.5 Å². The highest BCUT2D eigenvalue weighted by atomic mass is 16.5. The molecule has 3 heteroatoms. The highest BCUT2D eigenvalue weighted by molar-refractivity contribution is 5.96. The Morgan fingerprint density at radius 3 is 2.67 bits per heavy atom. The number of ketones is 1. The molecule has 0 bridgehead atoms. The molecule has 0 saturated carbocycles. The third-order valence-corrected chi connectivity index (χ3v) is 2.13. The van der Waals surface area contributed by atoms with Gasteiger partial charge >= 0.3 is 0 Å². The van der Waals surface area contributed by atoms with E-state index in [2.05, 4.69) is 6.07 Å². The maximum absolute atomic E-state index is 11.3. The first kappa shape index (κ1) is 11.3. The van der Waals surface area contributed by atoms with E-state index in [4.69, 9.17) is 10.00 Å². The van der Waals surface area contributed by atoms with Gasteiger partial charge in [0.05, 0.1) is 12.2 Å². The molecule has 0 unspecified atom stereocenters. The average molecular weight is 203 g/mol. The number of nitriles is 1. The van der Waals surface area contributed by atoms with E-state index in [1.54, 1.807) is 12.1 Å². The summed E-state index contributed by atoms with van der Waals surface area (Å²) < 4.78 is 5.30. The van der Waals surface area contributed by atoms with E-state index in [9.17, 15) is 4.79 Å². The van der Waals surface area contributed by atoms with Crippen LogP contribution in [0.2, 0.25) is 0 Å². The third kappa shape index (κ3) is 2.35. The molecule has 0 fully saturated rings. The van der Waals surface area contributed by atoms with Crippen LogP contribution in [0.4, 0.5) is 0 Å². The second kappa shape index (κ2) is 4.61. The average Bonchev–Trinajstić information content (AvgIpc) is 2.20. The molecule has 15 heavy (non-hydrogen) atoms. The molecular weight excluding hydrogens is 190 g/mol. The van der Waals surface area contributed by atoms with Crippen molar-refractivity contribution in [2.24, 2.45) is 0 Å². The zero-order valence-electron chi connectivity index (χ0n) is 9.13. The first-order chi connectivity index (χ1) is 7.10. The summed E-state index contributed by atoms with van der Waals surface area (Å²) >= 11 is 0. The van der Waals surface area contributed by atoms with E-state index >= 15 is 0 Å². The third-order valence-electron chi connectivity index (χ3n) is 2.13. The van der Waals surface area contributed by atoms with Crippen LogP contribution >= 0.6 is 0 Å². The normalized spacial score (nSPS) is 9.47. The minimum Gasteiger partial charge on any atom is -0.492 e. The summed E-state index contributed by atoms with van der Waals surface area (Å²) in [5.41, 5.74) is 1.89. The van der Waals surface area contributed by atoms with Gasteiger partial charge in [-0.3, -0.25) is 4.79 Å². The molecule has 0 atom stereocenters. The first-order valence-corrected chi connectivity index (χ1v) is 4.78. The summed E-state index contributed by atoms with van der Waals surface area (Å²) in [7, 11) is 0. The molecular formula is C12H13NO2. The molecule has 0 aliphatic rings. The van der Waals surface area contributed by atoms with Crippen LogP contribution in [-0.4, -0.2) is 12.4 Å². The fourth-order valence-electron chi connectivity index (χ4n) is 1.43. The molecule has 0 N–H and O–H groups in total. The van der Waals surface area contributed by atoms with Gasteiger partial charge in [-0.1, -0.05) is 0 Å². The van der Waals surface area contributed by atoms with Gasteiger partial charge in [0.1, 0.15) is 11.8 Å². The van der Waals surface area contributed by atoms with Crippen molar-refractivity contribution in [2.45, 2.75) is 20.8 Å². The Labute approximate surface area is 89.3 Å². The minimum absolute atomic E-state index is 0.0158. The van der Waals surface area contributed by atoms with Gasteiger partial charge in [0.25, 0.3) is 0 Å². The van der Waals surface area contributed by atoms with E-state index in [0.717, 1.165) is 5.56 Å². The van der Waals surface area contributed by atoms with Crippen LogP contribution in [0.1, 0.15) is 35.3 Å². The Morgan fingerprint density at radius 2 is 2.20 bits per heavy atom. The van der Waals surface area contributed by atoms with Gasteiger partial charge < -0.3 is 4.74 Å². The minimum atomic E-state index is -0.0158. The van der Waals surface area contributed by atoms with Gasteiger partial charge in [-0.15, -0.1) is 0 Å². The predicted octanol–water partition coefficient (Wildman–Crippen LogP) is 2.47. The highest BCUT2D eigenvalue weighted by Crippen LogP contribution is 2.23. The maximum atomic E-state index is 11.3. The summed E-state index contributed by atoms with van der Waals surface area (Å²) in [5, 5.41) is 8.88. The topological polar surface area (TPSA) is 50.1 Å². The Bertz CT molecular complexity index is 430. The van der Waals surface area contributed by atoms with E-state index in [1.807, 2.05) is 13.8 Å². The van der Waals surface area contributed by atoms with Gasteiger partial charge in [0.15, 0.2) is 5.78 Å². The van der Waals surface area contributed by atoms with E-state index < -0.39 is 0 Å². The summed E-state index contributed by atoms with van der Waals surface area (Å²) in [6.07, 6.45) is 0. The molecule has 0 saturated heterocycles. The Morgan fingerprint density at radius 1 is 1.53 bits per heavy atom. The molecule has 0 spiro atoms. The van der Waals surface area contributed by atoms with E-state index in [1.165, 1.54) is 6.92 Å².